The van der Waals surface area contributed by atoms with E-state index in [2.05, 4.69) is 15.8 Å². The van der Waals surface area contributed by atoms with Crippen molar-refractivity contribution in [2.45, 2.75) is 0 Å². The number of amides is 2. The summed E-state index contributed by atoms with van der Waals surface area (Å²) in [5.74, 6) is -0.546. The minimum atomic E-state index is -0.551. The lowest BCUT2D eigenvalue weighted by molar-refractivity contribution is -0.128. The summed E-state index contributed by atoms with van der Waals surface area (Å²) in [4.78, 5) is 37.8. The molecule has 0 aromatic heterocycles. The Morgan fingerprint density at radius 1 is 0.769 bits per heavy atom. The van der Waals surface area contributed by atoms with Crippen molar-refractivity contribution >= 4 is 35.8 Å². The van der Waals surface area contributed by atoms with Crippen molar-refractivity contribution in [3.63, 3.8) is 0 Å². The fourth-order valence-corrected chi connectivity index (χ4v) is 3.50. The van der Waals surface area contributed by atoms with E-state index in [1.807, 2.05) is 30.3 Å². The molecular weight excluding hydrogens is 494 g/mol. The zero-order valence-electron chi connectivity index (χ0n) is 21.0. The van der Waals surface area contributed by atoms with E-state index in [1.54, 1.807) is 86.0 Å². The Bertz CT molecular complexity index is 1510. The van der Waals surface area contributed by atoms with Gasteiger partial charge in [-0.25, -0.2) is 10.2 Å². The van der Waals surface area contributed by atoms with E-state index >= 15 is 0 Å². The van der Waals surface area contributed by atoms with Crippen LogP contribution < -0.4 is 20.2 Å². The molecule has 4 aromatic rings. The van der Waals surface area contributed by atoms with Crippen LogP contribution in [0.4, 0.5) is 5.69 Å². The van der Waals surface area contributed by atoms with Crippen molar-refractivity contribution in [1.29, 1.82) is 0 Å². The number of esters is 1. The molecule has 2 N–H and O–H groups in total. The standard InChI is InChI=1S/C31H25N3O5/c1-38-25-18-16-23(17-19-25)30(36)33-27-13-7-6-12-26(27)31(37)34-32-21-24-11-5-8-14-28(24)39-29(35)20-15-22-9-3-2-4-10-22/h2-21H,1H3,(H,33,36)(H,34,37)/b20-15+,32-21-. The van der Waals surface area contributed by atoms with Crippen LogP contribution in [0.2, 0.25) is 0 Å². The number of rotatable bonds is 9. The molecule has 4 aromatic carbocycles. The van der Waals surface area contributed by atoms with E-state index in [-0.39, 0.29) is 17.2 Å². The predicted octanol–water partition coefficient (Wildman–Crippen LogP) is 5.33. The Balaban J connectivity index is 1.40. The van der Waals surface area contributed by atoms with Gasteiger partial charge in [0.1, 0.15) is 11.5 Å². The van der Waals surface area contributed by atoms with Crippen LogP contribution in [0.15, 0.2) is 114 Å². The number of nitrogens with one attached hydrogen (secondary N) is 2. The van der Waals surface area contributed by atoms with Crippen molar-refractivity contribution in [1.82, 2.24) is 5.43 Å². The van der Waals surface area contributed by atoms with Crippen LogP contribution in [0.1, 0.15) is 31.8 Å². The summed E-state index contributed by atoms with van der Waals surface area (Å²) in [5.41, 5.74) is 4.77. The number of carbonyl (C=O) groups excluding carboxylic acids is 3. The number of para-hydroxylation sites is 2. The molecule has 8 heteroatoms. The van der Waals surface area contributed by atoms with Gasteiger partial charge < -0.3 is 14.8 Å². The molecule has 0 aliphatic rings. The lowest BCUT2D eigenvalue weighted by Gasteiger charge is -2.10. The Morgan fingerprint density at radius 3 is 2.23 bits per heavy atom. The molecule has 0 heterocycles. The molecule has 0 radical (unpaired) electrons. The number of anilines is 1. The van der Waals surface area contributed by atoms with Gasteiger partial charge in [0.15, 0.2) is 0 Å². The summed E-state index contributed by atoms with van der Waals surface area (Å²) in [6.45, 7) is 0. The van der Waals surface area contributed by atoms with Gasteiger partial charge in [-0.2, -0.15) is 5.10 Å². The number of carbonyl (C=O) groups is 3. The molecule has 39 heavy (non-hydrogen) atoms. The lowest BCUT2D eigenvalue weighted by Crippen LogP contribution is -2.21. The van der Waals surface area contributed by atoms with Gasteiger partial charge in [-0.15, -0.1) is 0 Å². The van der Waals surface area contributed by atoms with E-state index in [0.29, 0.717) is 22.6 Å². The summed E-state index contributed by atoms with van der Waals surface area (Å²) < 4.78 is 10.6. The number of hydrazone groups is 1. The summed E-state index contributed by atoms with van der Waals surface area (Å²) in [6.07, 6.45) is 4.37. The highest BCUT2D eigenvalue weighted by Crippen LogP contribution is 2.19. The zero-order valence-corrected chi connectivity index (χ0v) is 21.0. The quantitative estimate of drug-likeness (QED) is 0.102. The van der Waals surface area contributed by atoms with Crippen molar-refractivity contribution in [3.8, 4) is 11.5 Å². The van der Waals surface area contributed by atoms with Crippen molar-refractivity contribution in [2.75, 3.05) is 12.4 Å². The van der Waals surface area contributed by atoms with Gasteiger partial charge >= 0.3 is 5.97 Å². The van der Waals surface area contributed by atoms with E-state index in [1.165, 1.54) is 12.3 Å². The fourth-order valence-electron chi connectivity index (χ4n) is 3.50. The van der Waals surface area contributed by atoms with Gasteiger partial charge in [0, 0.05) is 17.2 Å². The number of methoxy groups -OCH3 is 1. The second kappa shape index (κ2) is 13.2. The van der Waals surface area contributed by atoms with Crippen LogP contribution in [-0.4, -0.2) is 31.1 Å². The predicted molar refractivity (Wildman–Crippen MR) is 150 cm³/mol. The van der Waals surface area contributed by atoms with Crippen molar-refractivity contribution < 1.29 is 23.9 Å². The SMILES string of the molecule is COc1ccc(C(=O)Nc2ccccc2C(=O)N/N=C\c2ccccc2OC(=O)/C=C/c2ccccc2)cc1. The fraction of sp³-hybridized carbons (Fsp3) is 0.0323. The topological polar surface area (TPSA) is 106 Å². The number of nitrogens with zero attached hydrogens (tertiary/aromatic N) is 1. The molecule has 0 fully saturated rings. The van der Waals surface area contributed by atoms with E-state index in [0.717, 1.165) is 5.56 Å². The summed E-state index contributed by atoms with van der Waals surface area (Å²) in [7, 11) is 1.54. The van der Waals surface area contributed by atoms with Gasteiger partial charge in [-0.1, -0.05) is 54.6 Å². The highest BCUT2D eigenvalue weighted by molar-refractivity contribution is 6.09. The molecule has 8 nitrogen and oxygen atoms in total. The summed E-state index contributed by atoms with van der Waals surface area (Å²) in [6, 6.07) is 29.4. The number of hydrogen-bond acceptors (Lipinski definition) is 6. The first-order valence-corrected chi connectivity index (χ1v) is 12.0. The molecule has 0 saturated heterocycles. The molecule has 0 atom stereocenters. The van der Waals surface area contributed by atoms with Crippen molar-refractivity contribution in [3.05, 3.63) is 131 Å². The Labute approximate surface area is 225 Å². The third kappa shape index (κ3) is 7.50. The van der Waals surface area contributed by atoms with Gasteiger partial charge in [-0.3, -0.25) is 9.59 Å². The molecule has 0 unspecified atom stereocenters. The molecular formula is C31H25N3O5. The van der Waals surface area contributed by atoms with Crippen LogP contribution >= 0.6 is 0 Å². The van der Waals surface area contributed by atoms with Crippen LogP contribution in [0.5, 0.6) is 11.5 Å². The van der Waals surface area contributed by atoms with Crippen LogP contribution in [0.25, 0.3) is 6.08 Å². The van der Waals surface area contributed by atoms with E-state index in [9.17, 15) is 14.4 Å². The molecule has 194 valence electrons. The Morgan fingerprint density at radius 2 is 1.46 bits per heavy atom. The molecule has 0 spiro atoms. The molecule has 0 bridgehead atoms. The maximum atomic E-state index is 12.9. The highest BCUT2D eigenvalue weighted by atomic mass is 16.5. The second-order valence-electron chi connectivity index (χ2n) is 8.13. The molecule has 0 saturated carbocycles. The minimum absolute atomic E-state index is 0.224. The Hall–Kier alpha value is -5.50. The molecule has 0 aliphatic heterocycles. The van der Waals surface area contributed by atoms with Crippen LogP contribution in [-0.2, 0) is 4.79 Å². The van der Waals surface area contributed by atoms with Crippen molar-refractivity contribution in [2.24, 2.45) is 5.10 Å². The molecule has 2 amide bonds. The summed E-state index contributed by atoms with van der Waals surface area (Å²) >= 11 is 0. The number of benzene rings is 4. The van der Waals surface area contributed by atoms with Crippen LogP contribution in [0.3, 0.4) is 0 Å². The number of hydrogen-bond donors (Lipinski definition) is 2. The number of ether oxygens (including phenoxy) is 2. The maximum Gasteiger partial charge on any atom is 0.336 e. The minimum Gasteiger partial charge on any atom is -0.497 e. The van der Waals surface area contributed by atoms with Crippen LogP contribution in [0, 0.1) is 0 Å². The maximum absolute atomic E-state index is 12.9. The lowest BCUT2D eigenvalue weighted by atomic mass is 10.1. The molecule has 4 rings (SSSR count). The average Bonchev–Trinajstić information content (AvgIpc) is 2.97. The summed E-state index contributed by atoms with van der Waals surface area (Å²) in [5, 5.41) is 6.77. The smallest absolute Gasteiger partial charge is 0.336 e. The second-order valence-corrected chi connectivity index (χ2v) is 8.13. The van der Waals surface area contributed by atoms with Gasteiger partial charge in [0.25, 0.3) is 11.8 Å². The van der Waals surface area contributed by atoms with Gasteiger partial charge in [0.05, 0.1) is 24.6 Å². The molecule has 0 aliphatic carbocycles. The third-order valence-electron chi connectivity index (χ3n) is 5.48. The zero-order chi connectivity index (χ0) is 27.5. The normalized spacial score (nSPS) is 10.8. The first-order valence-electron chi connectivity index (χ1n) is 12.0. The van der Waals surface area contributed by atoms with Gasteiger partial charge in [-0.05, 0) is 60.2 Å². The largest absolute Gasteiger partial charge is 0.497 e. The monoisotopic (exact) mass is 519 g/mol. The first kappa shape index (κ1) is 26.6. The van der Waals surface area contributed by atoms with E-state index in [4.69, 9.17) is 9.47 Å². The van der Waals surface area contributed by atoms with E-state index < -0.39 is 11.9 Å². The average molecular weight is 520 g/mol. The Kier molecular flexibility index (Phi) is 8.96. The highest BCUT2D eigenvalue weighted by Gasteiger charge is 2.14. The third-order valence-corrected chi connectivity index (χ3v) is 5.48. The first-order chi connectivity index (χ1) is 19.0. The van der Waals surface area contributed by atoms with Gasteiger partial charge in [0.2, 0.25) is 0 Å².